The van der Waals surface area contributed by atoms with Crippen molar-refractivity contribution in [3.8, 4) is 0 Å². The topological polar surface area (TPSA) is 0 Å². The Labute approximate surface area is 233 Å². The molecule has 38 heavy (non-hydrogen) atoms. The molecule has 2 unspecified atom stereocenters. The van der Waals surface area contributed by atoms with Crippen LogP contribution in [0.3, 0.4) is 0 Å². The van der Waals surface area contributed by atoms with Crippen LogP contribution in [0.25, 0.3) is 0 Å². The van der Waals surface area contributed by atoms with E-state index in [9.17, 15) is 0 Å². The van der Waals surface area contributed by atoms with Gasteiger partial charge in [-0.05, 0) is 77.7 Å². The van der Waals surface area contributed by atoms with E-state index in [1.165, 1.54) is 54.5 Å². The maximum Gasteiger partial charge on any atom is 0.161 e. The lowest BCUT2D eigenvalue weighted by Crippen LogP contribution is -2.73. The lowest BCUT2D eigenvalue weighted by atomic mass is 9.81. The van der Waals surface area contributed by atoms with Crippen LogP contribution in [0.15, 0.2) is 89.5 Å². The summed E-state index contributed by atoms with van der Waals surface area (Å²) >= 11 is 0. The van der Waals surface area contributed by atoms with Gasteiger partial charge in [-0.1, -0.05) is 144 Å². The Bertz CT molecular complexity index is 1370. The van der Waals surface area contributed by atoms with Crippen molar-refractivity contribution in [2.45, 2.75) is 99.0 Å². The van der Waals surface area contributed by atoms with Crippen LogP contribution < -0.4 is 15.6 Å². The van der Waals surface area contributed by atoms with Crippen LogP contribution in [0.1, 0.15) is 91.5 Å². The summed E-state index contributed by atoms with van der Waals surface area (Å²) in [5.41, 5.74) is 10.0. The molecule has 0 saturated carbocycles. The minimum atomic E-state index is -2.68. The van der Waals surface area contributed by atoms with Crippen molar-refractivity contribution in [2.24, 2.45) is 0 Å². The number of hydrogen-bond donors (Lipinski definition) is 0. The first-order valence-electron chi connectivity index (χ1n) is 14.2. The van der Waals surface area contributed by atoms with Crippen LogP contribution in [0.5, 0.6) is 0 Å². The van der Waals surface area contributed by atoms with Gasteiger partial charge >= 0.3 is 0 Å². The highest BCUT2D eigenvalue weighted by Crippen LogP contribution is 2.53. The Morgan fingerprint density at radius 1 is 0.579 bits per heavy atom. The quantitative estimate of drug-likeness (QED) is 0.239. The van der Waals surface area contributed by atoms with E-state index in [4.69, 9.17) is 0 Å². The van der Waals surface area contributed by atoms with Crippen LogP contribution in [0.2, 0.25) is 5.04 Å². The van der Waals surface area contributed by atoms with E-state index < -0.39 is 8.07 Å². The van der Waals surface area contributed by atoms with Crippen molar-refractivity contribution in [1.82, 2.24) is 0 Å². The number of benzene rings is 3. The maximum absolute atomic E-state index is 2.68. The number of rotatable bonds is 4. The molecule has 0 aliphatic heterocycles. The molecule has 0 nitrogen and oxygen atoms in total. The largest absolute Gasteiger partial charge is 0.161 e. The molecule has 0 saturated heterocycles. The van der Waals surface area contributed by atoms with Gasteiger partial charge in [0.05, 0.1) is 0 Å². The van der Waals surface area contributed by atoms with Gasteiger partial charge in [0, 0.05) is 5.04 Å². The van der Waals surface area contributed by atoms with Gasteiger partial charge in [0.2, 0.25) is 0 Å². The third-order valence-corrected chi connectivity index (χ3v) is 14.8. The van der Waals surface area contributed by atoms with Crippen molar-refractivity contribution < 1.29 is 0 Å². The minimum Gasteiger partial charge on any atom is -0.0730 e. The summed E-state index contributed by atoms with van der Waals surface area (Å²) in [5, 5.41) is 4.41. The van der Waals surface area contributed by atoms with E-state index in [1.807, 2.05) is 0 Å². The molecule has 1 heteroatoms. The number of aryl methyl sites for hydroxylation is 2. The number of hydrogen-bond acceptors (Lipinski definition) is 0. The van der Waals surface area contributed by atoms with Crippen LogP contribution in [-0.2, 0) is 10.8 Å². The second-order valence-electron chi connectivity index (χ2n) is 14.1. The molecule has 3 aromatic carbocycles. The standard InChI is InChI=1S/C37H48Si/c1-25-18-26(2)20-33(19-25)38(32-16-14-13-15-17-32,37(12)24-27(3)28(4)29(37)5)34-22-30(35(6,7)8)21-31(23-34)36(9,10)11/h13-24H,1-12H3. The van der Waals surface area contributed by atoms with Gasteiger partial charge in [0.25, 0.3) is 0 Å². The molecule has 2 atom stereocenters. The van der Waals surface area contributed by atoms with Gasteiger partial charge in [-0.2, -0.15) is 0 Å². The zero-order chi connectivity index (χ0) is 28.3. The predicted molar refractivity (Wildman–Crippen MR) is 171 cm³/mol. The van der Waals surface area contributed by atoms with Gasteiger partial charge in [0.15, 0.2) is 8.07 Å². The predicted octanol–water partition coefficient (Wildman–Crippen LogP) is 8.43. The maximum atomic E-state index is 2.62. The SMILES string of the molecule is CC1=CC(C)([Si](c2ccccc2)(c2cc(C)cc(C)c2)c2cc(C(C)(C)C)cc(C(C)(C)C)c2)C(C)=C1C. The second-order valence-corrected chi connectivity index (χ2v) is 18.3. The summed E-state index contributed by atoms with van der Waals surface area (Å²) in [6, 6.07) is 26.5. The fraction of sp³-hybridized carbons (Fsp3) is 0.405. The first kappa shape index (κ1) is 28.4. The van der Waals surface area contributed by atoms with Gasteiger partial charge < -0.3 is 0 Å². The second kappa shape index (κ2) is 9.52. The van der Waals surface area contributed by atoms with E-state index in [0.717, 1.165) is 0 Å². The van der Waals surface area contributed by atoms with Crippen LogP contribution >= 0.6 is 0 Å². The Morgan fingerprint density at radius 2 is 1.05 bits per heavy atom. The van der Waals surface area contributed by atoms with Crippen LogP contribution in [0.4, 0.5) is 0 Å². The van der Waals surface area contributed by atoms with E-state index in [1.54, 1.807) is 0 Å². The summed E-state index contributed by atoms with van der Waals surface area (Å²) in [4.78, 5) is 0. The van der Waals surface area contributed by atoms with Crippen molar-refractivity contribution in [2.75, 3.05) is 0 Å². The molecule has 0 N–H and O–H groups in total. The Balaban J connectivity index is 2.31. The molecule has 0 radical (unpaired) electrons. The summed E-state index contributed by atoms with van der Waals surface area (Å²) < 4.78 is 0. The molecule has 0 bridgehead atoms. The lowest BCUT2D eigenvalue weighted by molar-refractivity contribution is 0.569. The molecular formula is C37H48Si. The van der Waals surface area contributed by atoms with Gasteiger partial charge in [-0.15, -0.1) is 0 Å². The van der Waals surface area contributed by atoms with E-state index in [2.05, 4.69) is 156 Å². The first-order chi connectivity index (χ1) is 17.5. The van der Waals surface area contributed by atoms with E-state index in [-0.39, 0.29) is 15.9 Å². The van der Waals surface area contributed by atoms with E-state index >= 15 is 0 Å². The first-order valence-corrected chi connectivity index (χ1v) is 16.2. The summed E-state index contributed by atoms with van der Waals surface area (Å²) in [5.74, 6) is 0. The van der Waals surface area contributed by atoms with Gasteiger partial charge in [-0.3, -0.25) is 0 Å². The molecule has 0 fully saturated rings. The molecule has 3 aromatic rings. The fourth-order valence-electron chi connectivity index (χ4n) is 6.71. The smallest absolute Gasteiger partial charge is 0.0730 e. The monoisotopic (exact) mass is 520 g/mol. The molecule has 1 aliphatic carbocycles. The fourth-order valence-corrected chi connectivity index (χ4v) is 13.0. The molecule has 0 spiro atoms. The van der Waals surface area contributed by atoms with Crippen molar-refractivity contribution in [3.63, 3.8) is 0 Å². The molecule has 4 rings (SSSR count). The number of allylic oxidation sites excluding steroid dienone is 4. The minimum absolute atomic E-state index is 0.0541. The zero-order valence-corrected chi connectivity index (χ0v) is 26.9. The lowest BCUT2D eigenvalue weighted by Gasteiger charge is -2.48. The molecule has 0 amide bonds. The average molecular weight is 521 g/mol. The Hall–Kier alpha value is -2.64. The zero-order valence-electron chi connectivity index (χ0n) is 25.9. The Morgan fingerprint density at radius 3 is 1.47 bits per heavy atom. The Kier molecular flexibility index (Phi) is 7.11. The van der Waals surface area contributed by atoms with E-state index in [0.29, 0.717) is 0 Å². The van der Waals surface area contributed by atoms with Crippen LogP contribution in [0, 0.1) is 13.8 Å². The highest BCUT2D eigenvalue weighted by Gasteiger charge is 2.56. The van der Waals surface area contributed by atoms with Crippen molar-refractivity contribution in [3.05, 3.63) is 112 Å². The normalized spacial score (nSPS) is 19.9. The highest BCUT2D eigenvalue weighted by molar-refractivity contribution is 7.14. The highest BCUT2D eigenvalue weighted by atomic mass is 28.3. The molecule has 0 heterocycles. The summed E-state index contributed by atoms with van der Waals surface area (Å²) in [7, 11) is -2.68. The molecule has 1 aliphatic rings. The average Bonchev–Trinajstić information content (AvgIpc) is 3.01. The van der Waals surface area contributed by atoms with Gasteiger partial charge in [0.1, 0.15) is 0 Å². The molecule has 200 valence electrons. The molecule has 0 aromatic heterocycles. The van der Waals surface area contributed by atoms with Crippen LogP contribution in [-0.4, -0.2) is 8.07 Å². The molecular weight excluding hydrogens is 472 g/mol. The van der Waals surface area contributed by atoms with Crippen molar-refractivity contribution >= 4 is 23.6 Å². The third-order valence-electron chi connectivity index (χ3n) is 9.18. The third kappa shape index (κ3) is 4.58. The summed E-state index contributed by atoms with van der Waals surface area (Å²) in [6.07, 6.45) is 2.62. The summed E-state index contributed by atoms with van der Waals surface area (Å²) in [6.45, 7) is 28.2. The van der Waals surface area contributed by atoms with Gasteiger partial charge in [-0.25, -0.2) is 0 Å². The van der Waals surface area contributed by atoms with Crippen molar-refractivity contribution in [1.29, 1.82) is 0 Å².